The predicted octanol–water partition coefficient (Wildman–Crippen LogP) is 3.06. The molecule has 36 heavy (non-hydrogen) atoms. The van der Waals surface area contributed by atoms with Crippen molar-refractivity contribution in [1.82, 2.24) is 19.5 Å². The molecule has 1 aliphatic rings. The number of rotatable bonds is 4. The van der Waals surface area contributed by atoms with Gasteiger partial charge in [0.2, 0.25) is 16.0 Å². The highest BCUT2D eigenvalue weighted by Crippen LogP contribution is 2.28. The molecule has 1 aliphatic heterocycles. The Bertz CT molecular complexity index is 1430. The van der Waals surface area contributed by atoms with Crippen molar-refractivity contribution < 1.29 is 22.1 Å². The summed E-state index contributed by atoms with van der Waals surface area (Å²) in [4.78, 5) is 33.4. The number of ether oxygens (including phenoxy) is 1. The van der Waals surface area contributed by atoms with Gasteiger partial charge in [-0.05, 0) is 53.7 Å². The van der Waals surface area contributed by atoms with Gasteiger partial charge in [0.1, 0.15) is 10.5 Å². The number of carbonyl (C=O) groups is 1. The van der Waals surface area contributed by atoms with Gasteiger partial charge >= 0.3 is 16.2 Å². The normalized spacial score (nSPS) is 18.9. The van der Waals surface area contributed by atoms with E-state index in [4.69, 9.17) is 8.92 Å². The van der Waals surface area contributed by atoms with Gasteiger partial charge in [0.05, 0.1) is 18.2 Å². The minimum atomic E-state index is -4.16. The zero-order chi connectivity index (χ0) is 26.4. The van der Waals surface area contributed by atoms with Crippen molar-refractivity contribution in [3.05, 3.63) is 46.2 Å². The predicted molar refractivity (Wildman–Crippen MR) is 135 cm³/mol. The van der Waals surface area contributed by atoms with E-state index in [0.29, 0.717) is 18.2 Å². The van der Waals surface area contributed by atoms with Crippen molar-refractivity contribution in [2.45, 2.75) is 64.1 Å². The number of piperazine rings is 1. The van der Waals surface area contributed by atoms with E-state index in [9.17, 15) is 18.0 Å². The Morgan fingerprint density at radius 1 is 1.11 bits per heavy atom. The fourth-order valence-electron chi connectivity index (χ4n) is 3.97. The third-order valence-corrected chi connectivity index (χ3v) is 7.72. The van der Waals surface area contributed by atoms with E-state index in [1.54, 1.807) is 17.0 Å². The standard InChI is InChI=1S/C23H29N5O6S2/c1-14-7-9-17(10-8-14)36(31,32)34-18-11-19(29)28-20(24-18)35-21(25-28)26-12-15(2)27(16(3)13-26)22(30)33-23(4,5)6/h7-11,15-16H,12-13H2,1-6H3/t15-,16+. The van der Waals surface area contributed by atoms with Gasteiger partial charge in [0, 0.05) is 13.1 Å². The topological polar surface area (TPSA) is 123 Å². The number of hydrogen-bond acceptors (Lipinski definition) is 10. The third kappa shape index (κ3) is 5.46. The summed E-state index contributed by atoms with van der Waals surface area (Å²) in [5, 5.41) is 4.91. The lowest BCUT2D eigenvalue weighted by Crippen LogP contribution is -2.59. The smallest absolute Gasteiger partial charge is 0.410 e. The average molecular weight is 536 g/mol. The monoisotopic (exact) mass is 535 g/mol. The van der Waals surface area contributed by atoms with Gasteiger partial charge < -0.3 is 13.8 Å². The second-order valence-corrected chi connectivity index (χ2v) is 12.3. The van der Waals surface area contributed by atoms with Crippen LogP contribution in [0.3, 0.4) is 0 Å². The zero-order valence-electron chi connectivity index (χ0n) is 21.0. The molecule has 3 heterocycles. The highest BCUT2D eigenvalue weighted by Gasteiger charge is 2.36. The molecule has 0 aliphatic carbocycles. The van der Waals surface area contributed by atoms with E-state index in [1.807, 2.05) is 46.4 Å². The number of aromatic nitrogens is 3. The molecule has 0 saturated carbocycles. The van der Waals surface area contributed by atoms with Crippen molar-refractivity contribution in [2.24, 2.45) is 0 Å². The van der Waals surface area contributed by atoms with Gasteiger partial charge in [-0.1, -0.05) is 29.0 Å². The first kappa shape index (κ1) is 25.9. The summed E-state index contributed by atoms with van der Waals surface area (Å²) in [6.07, 6.45) is -0.374. The Labute approximate surface area is 213 Å². The lowest BCUT2D eigenvalue weighted by molar-refractivity contribution is 0.00564. The van der Waals surface area contributed by atoms with Gasteiger partial charge in [-0.2, -0.15) is 17.9 Å². The highest BCUT2D eigenvalue weighted by atomic mass is 32.2. The first-order valence-electron chi connectivity index (χ1n) is 11.4. The van der Waals surface area contributed by atoms with Crippen LogP contribution in [0.2, 0.25) is 0 Å². The van der Waals surface area contributed by atoms with Crippen LogP contribution in [-0.4, -0.2) is 64.8 Å². The van der Waals surface area contributed by atoms with Crippen molar-refractivity contribution in [3.63, 3.8) is 0 Å². The van der Waals surface area contributed by atoms with Crippen LogP contribution in [-0.2, 0) is 14.9 Å². The summed E-state index contributed by atoms with van der Waals surface area (Å²) in [6.45, 7) is 12.1. The zero-order valence-corrected chi connectivity index (χ0v) is 22.6. The van der Waals surface area contributed by atoms with Gasteiger partial charge in [-0.3, -0.25) is 9.69 Å². The molecule has 2 atom stereocenters. The van der Waals surface area contributed by atoms with Crippen LogP contribution in [0.15, 0.2) is 40.0 Å². The molecule has 1 fully saturated rings. The Balaban J connectivity index is 1.56. The average Bonchev–Trinajstić information content (AvgIpc) is 3.17. The maximum Gasteiger partial charge on any atom is 0.410 e. The molecule has 2 aromatic heterocycles. The molecule has 13 heteroatoms. The van der Waals surface area contributed by atoms with Gasteiger partial charge in [-0.15, -0.1) is 5.10 Å². The second-order valence-electron chi connectivity index (χ2n) is 9.85. The van der Waals surface area contributed by atoms with Crippen LogP contribution in [0.25, 0.3) is 4.96 Å². The molecule has 4 rings (SSSR count). The highest BCUT2D eigenvalue weighted by molar-refractivity contribution is 7.87. The summed E-state index contributed by atoms with van der Waals surface area (Å²) in [6, 6.07) is 6.83. The van der Waals surface area contributed by atoms with Crippen LogP contribution in [0.5, 0.6) is 5.88 Å². The van der Waals surface area contributed by atoms with E-state index >= 15 is 0 Å². The van der Waals surface area contributed by atoms with E-state index in [2.05, 4.69) is 10.1 Å². The molecule has 1 amide bonds. The van der Waals surface area contributed by atoms with Crippen LogP contribution in [0.4, 0.5) is 9.93 Å². The third-order valence-electron chi connectivity index (χ3n) is 5.51. The number of benzene rings is 1. The van der Waals surface area contributed by atoms with E-state index in [0.717, 1.165) is 27.5 Å². The van der Waals surface area contributed by atoms with Gasteiger partial charge in [0.25, 0.3) is 5.56 Å². The quantitative estimate of drug-likeness (QED) is 0.464. The van der Waals surface area contributed by atoms with Crippen LogP contribution in [0, 0.1) is 6.92 Å². The van der Waals surface area contributed by atoms with E-state index < -0.39 is 21.3 Å². The Morgan fingerprint density at radius 3 is 2.31 bits per heavy atom. The Kier molecular flexibility index (Phi) is 6.73. The maximum atomic E-state index is 12.7. The number of carbonyl (C=O) groups excluding carboxylic acids is 1. The first-order chi connectivity index (χ1) is 16.7. The molecule has 0 spiro atoms. The minimum Gasteiger partial charge on any atom is -0.444 e. The minimum absolute atomic E-state index is 0.0362. The summed E-state index contributed by atoms with van der Waals surface area (Å²) in [5.41, 5.74) is -0.259. The number of amides is 1. The van der Waals surface area contributed by atoms with Crippen molar-refractivity contribution in [2.75, 3.05) is 18.0 Å². The molecule has 0 unspecified atom stereocenters. The molecular weight excluding hydrogens is 506 g/mol. The van der Waals surface area contributed by atoms with Gasteiger partial charge in [-0.25, -0.2) is 4.79 Å². The second kappa shape index (κ2) is 9.36. The fraction of sp³-hybridized carbons (Fsp3) is 0.478. The van der Waals surface area contributed by atoms with Gasteiger partial charge in [0.15, 0.2) is 0 Å². The number of fused-ring (bicyclic) bond motifs is 1. The number of nitrogens with zero attached hydrogens (tertiary/aromatic N) is 5. The van der Waals surface area contributed by atoms with Crippen molar-refractivity contribution in [1.29, 1.82) is 0 Å². The van der Waals surface area contributed by atoms with Crippen molar-refractivity contribution in [3.8, 4) is 5.88 Å². The largest absolute Gasteiger partial charge is 0.444 e. The first-order valence-corrected chi connectivity index (χ1v) is 13.6. The molecule has 194 valence electrons. The summed E-state index contributed by atoms with van der Waals surface area (Å²) < 4.78 is 37.1. The molecule has 0 bridgehead atoms. The Hall–Kier alpha value is -3.19. The maximum absolute atomic E-state index is 12.7. The summed E-state index contributed by atoms with van der Waals surface area (Å²) in [7, 11) is -4.16. The fourth-order valence-corrected chi connectivity index (χ4v) is 5.76. The summed E-state index contributed by atoms with van der Waals surface area (Å²) in [5.74, 6) is -0.327. The molecule has 1 saturated heterocycles. The van der Waals surface area contributed by atoms with E-state index in [1.165, 1.54) is 12.1 Å². The molecule has 3 aromatic rings. The SMILES string of the molecule is Cc1ccc(S(=O)(=O)Oc2cc(=O)n3nc(N4C[C@@H](C)N(C(=O)OC(C)(C)C)[C@@H](C)C4)sc3n2)cc1. The van der Waals surface area contributed by atoms with Crippen LogP contribution in [0.1, 0.15) is 40.2 Å². The Morgan fingerprint density at radius 2 is 1.72 bits per heavy atom. The summed E-state index contributed by atoms with van der Waals surface area (Å²) >= 11 is 1.14. The lowest BCUT2D eigenvalue weighted by atomic mass is 10.1. The van der Waals surface area contributed by atoms with Crippen LogP contribution >= 0.6 is 11.3 Å². The van der Waals surface area contributed by atoms with Crippen molar-refractivity contribution >= 4 is 37.6 Å². The van der Waals surface area contributed by atoms with E-state index in [-0.39, 0.29) is 33.9 Å². The number of aryl methyl sites for hydroxylation is 1. The molecule has 1 aromatic carbocycles. The molecular formula is C23H29N5O6S2. The lowest BCUT2D eigenvalue weighted by Gasteiger charge is -2.44. The molecule has 11 nitrogen and oxygen atoms in total. The van der Waals surface area contributed by atoms with Crippen LogP contribution < -0.4 is 14.6 Å². The molecule has 0 N–H and O–H groups in total. The number of anilines is 1. The molecule has 0 radical (unpaired) electrons. The number of hydrogen-bond donors (Lipinski definition) is 0.